The van der Waals surface area contributed by atoms with Crippen LogP contribution in [0.25, 0.3) is 0 Å². The van der Waals surface area contributed by atoms with E-state index in [0.29, 0.717) is 13.1 Å². The number of halogens is 3. The van der Waals surface area contributed by atoms with Crippen LogP contribution in [0.5, 0.6) is 0 Å². The van der Waals surface area contributed by atoms with Gasteiger partial charge in [0.1, 0.15) is 17.2 Å². The van der Waals surface area contributed by atoms with E-state index in [0.717, 1.165) is 18.6 Å². The van der Waals surface area contributed by atoms with Crippen LogP contribution in [0.3, 0.4) is 0 Å². The minimum absolute atomic E-state index is 0.0251. The molecule has 1 aliphatic heterocycles. The molecule has 0 saturated carbocycles. The van der Waals surface area contributed by atoms with Crippen LogP contribution in [-0.2, 0) is 11.3 Å². The van der Waals surface area contributed by atoms with Crippen LogP contribution >= 0.6 is 15.9 Å². The SMILES string of the molecule is CC(C)(C)OC(=O)N1CC[C@H](NCc2c(F)ccc(F)c2Br)C1. The van der Waals surface area contributed by atoms with Crippen LogP contribution in [-0.4, -0.2) is 35.7 Å². The van der Waals surface area contributed by atoms with Gasteiger partial charge < -0.3 is 15.0 Å². The molecule has 1 fully saturated rings. The van der Waals surface area contributed by atoms with Gasteiger partial charge in [-0.3, -0.25) is 0 Å². The third-order valence-electron chi connectivity index (χ3n) is 3.55. The average molecular weight is 391 g/mol. The molecule has 1 heterocycles. The Morgan fingerprint density at radius 1 is 1.39 bits per heavy atom. The van der Waals surface area contributed by atoms with E-state index < -0.39 is 17.2 Å². The fraction of sp³-hybridized carbons (Fsp3) is 0.562. The van der Waals surface area contributed by atoms with Crippen molar-refractivity contribution >= 4 is 22.0 Å². The Balaban J connectivity index is 1.90. The fourth-order valence-electron chi connectivity index (χ4n) is 2.40. The Hall–Kier alpha value is -1.21. The van der Waals surface area contributed by atoms with Gasteiger partial charge in [-0.1, -0.05) is 0 Å². The topological polar surface area (TPSA) is 41.6 Å². The lowest BCUT2D eigenvalue weighted by molar-refractivity contribution is 0.0291. The van der Waals surface area contributed by atoms with Crippen molar-refractivity contribution in [3.05, 3.63) is 33.8 Å². The molecule has 4 nitrogen and oxygen atoms in total. The molecule has 1 aliphatic rings. The van der Waals surface area contributed by atoms with Gasteiger partial charge in [-0.25, -0.2) is 13.6 Å². The number of nitrogens with zero attached hydrogens (tertiary/aromatic N) is 1. The molecule has 0 spiro atoms. The van der Waals surface area contributed by atoms with Crippen LogP contribution in [0.4, 0.5) is 13.6 Å². The lowest BCUT2D eigenvalue weighted by Crippen LogP contribution is -2.38. The number of carbonyl (C=O) groups excluding carboxylic acids is 1. The maximum atomic E-state index is 13.8. The summed E-state index contributed by atoms with van der Waals surface area (Å²) in [4.78, 5) is 13.6. The monoisotopic (exact) mass is 390 g/mol. The molecule has 7 heteroatoms. The molecular weight excluding hydrogens is 370 g/mol. The van der Waals surface area contributed by atoms with Gasteiger partial charge in [0.15, 0.2) is 0 Å². The molecule has 1 amide bonds. The predicted molar refractivity (Wildman–Crippen MR) is 87.1 cm³/mol. The van der Waals surface area contributed by atoms with Gasteiger partial charge in [0.25, 0.3) is 0 Å². The number of hydrogen-bond donors (Lipinski definition) is 1. The summed E-state index contributed by atoms with van der Waals surface area (Å²) in [6.45, 7) is 6.72. The lowest BCUT2D eigenvalue weighted by Gasteiger charge is -2.24. The smallest absolute Gasteiger partial charge is 0.410 e. The first-order valence-corrected chi connectivity index (χ1v) is 8.30. The highest BCUT2D eigenvalue weighted by Gasteiger charge is 2.29. The number of carbonyl (C=O) groups is 1. The van der Waals surface area contributed by atoms with Gasteiger partial charge in [0.05, 0.1) is 4.47 Å². The van der Waals surface area contributed by atoms with E-state index in [1.165, 1.54) is 0 Å². The highest BCUT2D eigenvalue weighted by Crippen LogP contribution is 2.24. The van der Waals surface area contributed by atoms with Crippen LogP contribution < -0.4 is 5.32 Å². The summed E-state index contributed by atoms with van der Waals surface area (Å²) in [5.41, 5.74) is -0.279. The van der Waals surface area contributed by atoms with Crippen LogP contribution in [0.1, 0.15) is 32.8 Å². The van der Waals surface area contributed by atoms with Gasteiger partial charge in [0, 0.05) is 31.2 Å². The second-order valence-corrected chi connectivity index (χ2v) is 7.41. The zero-order chi connectivity index (χ0) is 17.2. The Morgan fingerprint density at radius 2 is 2.04 bits per heavy atom. The summed E-state index contributed by atoms with van der Waals surface area (Å²) in [6, 6.07) is 2.22. The van der Waals surface area contributed by atoms with Gasteiger partial charge >= 0.3 is 6.09 Å². The summed E-state index contributed by atoms with van der Waals surface area (Å²) in [6.07, 6.45) is 0.397. The van der Waals surface area contributed by atoms with Crippen molar-refractivity contribution in [2.75, 3.05) is 13.1 Å². The molecule has 1 aromatic rings. The molecule has 1 saturated heterocycles. The maximum Gasteiger partial charge on any atom is 0.410 e. The van der Waals surface area contributed by atoms with Crippen molar-refractivity contribution in [1.29, 1.82) is 0 Å². The molecule has 0 bridgehead atoms. The average Bonchev–Trinajstić information content (AvgIpc) is 2.90. The molecule has 0 aromatic heterocycles. The third-order valence-corrected chi connectivity index (χ3v) is 4.40. The van der Waals surface area contributed by atoms with Gasteiger partial charge in [-0.2, -0.15) is 0 Å². The number of nitrogens with one attached hydrogen (secondary N) is 1. The van der Waals surface area contributed by atoms with E-state index >= 15 is 0 Å². The second-order valence-electron chi connectivity index (χ2n) is 6.61. The minimum atomic E-state index is -0.530. The molecule has 0 aliphatic carbocycles. The largest absolute Gasteiger partial charge is 0.444 e. The molecule has 1 atom stereocenters. The van der Waals surface area contributed by atoms with E-state index in [-0.39, 0.29) is 28.7 Å². The van der Waals surface area contributed by atoms with Crippen LogP contribution in [0.15, 0.2) is 16.6 Å². The maximum absolute atomic E-state index is 13.8. The molecule has 128 valence electrons. The Labute approximate surface area is 143 Å². The highest BCUT2D eigenvalue weighted by atomic mass is 79.9. The van der Waals surface area contributed by atoms with E-state index in [2.05, 4.69) is 21.2 Å². The minimum Gasteiger partial charge on any atom is -0.444 e. The van der Waals surface area contributed by atoms with Crippen LogP contribution in [0, 0.1) is 11.6 Å². The first kappa shape index (κ1) is 18.1. The lowest BCUT2D eigenvalue weighted by atomic mass is 10.2. The Bertz CT molecular complexity index is 590. The van der Waals surface area contributed by atoms with E-state index in [4.69, 9.17) is 4.74 Å². The summed E-state index contributed by atoms with van der Waals surface area (Å²) in [7, 11) is 0. The van der Waals surface area contributed by atoms with E-state index in [1.54, 1.807) is 4.90 Å². The molecular formula is C16H21BrF2N2O2. The summed E-state index contributed by atoms with van der Waals surface area (Å²) < 4.78 is 32.7. The summed E-state index contributed by atoms with van der Waals surface area (Å²) in [5, 5.41) is 3.17. The molecule has 1 aromatic carbocycles. The second kappa shape index (κ2) is 7.13. The molecule has 2 rings (SSSR count). The predicted octanol–water partition coefficient (Wildman–Crippen LogP) is 3.83. The van der Waals surface area contributed by atoms with Gasteiger partial charge in [-0.05, 0) is 55.3 Å². The first-order valence-electron chi connectivity index (χ1n) is 7.51. The highest BCUT2D eigenvalue weighted by molar-refractivity contribution is 9.10. The van der Waals surface area contributed by atoms with E-state index in [9.17, 15) is 13.6 Å². The number of ether oxygens (including phenoxy) is 1. The fourth-order valence-corrected chi connectivity index (χ4v) is 2.86. The van der Waals surface area contributed by atoms with Crippen molar-refractivity contribution in [3.8, 4) is 0 Å². The van der Waals surface area contributed by atoms with Crippen molar-refractivity contribution in [1.82, 2.24) is 10.2 Å². The summed E-state index contributed by atoms with van der Waals surface area (Å²) in [5.74, 6) is -0.960. The quantitative estimate of drug-likeness (QED) is 0.797. The number of benzene rings is 1. The number of amides is 1. The molecule has 0 radical (unpaired) electrons. The Morgan fingerprint density at radius 3 is 2.70 bits per heavy atom. The van der Waals surface area contributed by atoms with Crippen molar-refractivity contribution in [3.63, 3.8) is 0 Å². The van der Waals surface area contributed by atoms with Crippen molar-refractivity contribution in [2.45, 2.75) is 45.4 Å². The zero-order valence-electron chi connectivity index (χ0n) is 13.5. The standard InChI is InChI=1S/C16H21BrF2N2O2/c1-16(2,3)23-15(22)21-7-6-10(9-21)20-8-11-12(18)4-5-13(19)14(11)17/h4-5,10,20H,6-9H2,1-3H3/t10-/m0/s1. The van der Waals surface area contributed by atoms with Crippen molar-refractivity contribution in [2.24, 2.45) is 0 Å². The molecule has 23 heavy (non-hydrogen) atoms. The molecule has 1 N–H and O–H groups in total. The van der Waals surface area contributed by atoms with Crippen LogP contribution in [0.2, 0.25) is 0 Å². The normalized spacial score (nSPS) is 18.3. The van der Waals surface area contributed by atoms with Crippen molar-refractivity contribution < 1.29 is 18.3 Å². The zero-order valence-corrected chi connectivity index (χ0v) is 15.0. The van der Waals surface area contributed by atoms with E-state index in [1.807, 2.05) is 20.8 Å². The Kier molecular flexibility index (Phi) is 5.62. The van der Waals surface area contributed by atoms with Gasteiger partial charge in [-0.15, -0.1) is 0 Å². The summed E-state index contributed by atoms with van der Waals surface area (Å²) >= 11 is 3.07. The number of likely N-dealkylation sites (tertiary alicyclic amines) is 1. The third kappa shape index (κ3) is 4.88. The first-order chi connectivity index (χ1) is 10.7. The van der Waals surface area contributed by atoms with Gasteiger partial charge in [0.2, 0.25) is 0 Å². The molecule has 0 unspecified atom stereocenters. The number of hydrogen-bond acceptors (Lipinski definition) is 3. The number of rotatable bonds is 3.